The van der Waals surface area contributed by atoms with Crippen molar-refractivity contribution in [2.45, 2.75) is 19.4 Å². The van der Waals surface area contributed by atoms with E-state index < -0.39 is 5.91 Å². The maximum absolute atomic E-state index is 12.2. The Labute approximate surface area is 165 Å². The van der Waals surface area contributed by atoms with Gasteiger partial charge in [-0.1, -0.05) is 36.4 Å². The minimum Gasteiger partial charge on any atom is -0.493 e. The number of amides is 1. The minimum atomic E-state index is -0.398. The van der Waals surface area contributed by atoms with Gasteiger partial charge in [0.15, 0.2) is 11.5 Å². The van der Waals surface area contributed by atoms with Crippen molar-refractivity contribution >= 4 is 5.91 Å². The van der Waals surface area contributed by atoms with Gasteiger partial charge in [-0.05, 0) is 36.6 Å². The van der Waals surface area contributed by atoms with E-state index in [1.165, 1.54) is 6.20 Å². The standard InChI is InChI=1S/C22H25N3O3/c1-16(18-9-10-20(27-2)21(13-18)28-3)25-15-19(14-23)22(26)24-12-11-17-7-5-4-6-8-17/h4-10,13,15-16,25H,11-12H2,1-3H3,(H,24,26)/b19-15-. The second-order valence-corrected chi connectivity index (χ2v) is 6.16. The lowest BCUT2D eigenvalue weighted by molar-refractivity contribution is -0.117. The smallest absolute Gasteiger partial charge is 0.263 e. The van der Waals surface area contributed by atoms with Gasteiger partial charge in [0, 0.05) is 18.8 Å². The molecule has 0 aliphatic rings. The molecule has 0 aromatic heterocycles. The number of hydrogen-bond acceptors (Lipinski definition) is 5. The number of carbonyl (C=O) groups is 1. The zero-order chi connectivity index (χ0) is 20.4. The molecule has 146 valence electrons. The lowest BCUT2D eigenvalue weighted by atomic mass is 10.1. The summed E-state index contributed by atoms with van der Waals surface area (Å²) < 4.78 is 10.5. The molecular formula is C22H25N3O3. The largest absolute Gasteiger partial charge is 0.493 e. The summed E-state index contributed by atoms with van der Waals surface area (Å²) in [5.41, 5.74) is 2.10. The van der Waals surface area contributed by atoms with Crippen LogP contribution in [0.2, 0.25) is 0 Å². The topological polar surface area (TPSA) is 83.4 Å². The van der Waals surface area contributed by atoms with Gasteiger partial charge in [-0.2, -0.15) is 5.26 Å². The van der Waals surface area contributed by atoms with Crippen molar-refractivity contribution in [2.75, 3.05) is 20.8 Å². The Morgan fingerprint density at radius 1 is 1.14 bits per heavy atom. The highest BCUT2D eigenvalue weighted by Crippen LogP contribution is 2.29. The molecule has 1 unspecified atom stereocenters. The molecule has 1 atom stereocenters. The van der Waals surface area contributed by atoms with Crippen molar-refractivity contribution < 1.29 is 14.3 Å². The van der Waals surface area contributed by atoms with E-state index in [-0.39, 0.29) is 11.6 Å². The molecule has 2 aromatic carbocycles. The Kier molecular flexibility index (Phi) is 7.92. The third-order valence-corrected chi connectivity index (χ3v) is 4.29. The predicted octanol–water partition coefficient (Wildman–Crippen LogP) is 3.12. The number of nitrogens with zero attached hydrogens (tertiary/aromatic N) is 1. The third-order valence-electron chi connectivity index (χ3n) is 4.29. The molecule has 2 N–H and O–H groups in total. The van der Waals surface area contributed by atoms with Crippen LogP contribution in [0.1, 0.15) is 24.1 Å². The van der Waals surface area contributed by atoms with Crippen LogP contribution in [0.4, 0.5) is 0 Å². The fourth-order valence-electron chi connectivity index (χ4n) is 2.64. The molecule has 0 spiro atoms. The van der Waals surface area contributed by atoms with E-state index in [4.69, 9.17) is 9.47 Å². The number of nitriles is 1. The van der Waals surface area contributed by atoms with Gasteiger partial charge in [-0.25, -0.2) is 0 Å². The van der Waals surface area contributed by atoms with Gasteiger partial charge >= 0.3 is 0 Å². The van der Waals surface area contributed by atoms with Crippen LogP contribution >= 0.6 is 0 Å². The normalized spacial score (nSPS) is 11.9. The summed E-state index contributed by atoms with van der Waals surface area (Å²) in [4.78, 5) is 12.2. The van der Waals surface area contributed by atoms with Gasteiger partial charge in [0.05, 0.1) is 14.2 Å². The molecule has 0 heterocycles. The van der Waals surface area contributed by atoms with Crippen LogP contribution in [-0.4, -0.2) is 26.7 Å². The minimum absolute atomic E-state index is 0.0281. The zero-order valence-corrected chi connectivity index (χ0v) is 16.4. The number of methoxy groups -OCH3 is 2. The number of nitrogens with one attached hydrogen (secondary N) is 2. The number of rotatable bonds is 9. The summed E-state index contributed by atoms with van der Waals surface area (Å²) in [7, 11) is 3.16. The Morgan fingerprint density at radius 2 is 1.86 bits per heavy atom. The number of ether oxygens (including phenoxy) is 2. The van der Waals surface area contributed by atoms with E-state index in [9.17, 15) is 10.1 Å². The van der Waals surface area contributed by atoms with Crippen molar-refractivity contribution in [3.8, 4) is 17.6 Å². The van der Waals surface area contributed by atoms with Gasteiger partial charge in [0.1, 0.15) is 11.6 Å². The van der Waals surface area contributed by atoms with Crippen molar-refractivity contribution in [2.24, 2.45) is 0 Å². The first kappa shape index (κ1) is 20.8. The number of benzene rings is 2. The highest BCUT2D eigenvalue weighted by molar-refractivity contribution is 5.97. The van der Waals surface area contributed by atoms with Crippen LogP contribution < -0.4 is 20.1 Å². The summed E-state index contributed by atoms with van der Waals surface area (Å²) in [6, 6.07) is 17.2. The summed E-state index contributed by atoms with van der Waals surface area (Å²) >= 11 is 0. The fourth-order valence-corrected chi connectivity index (χ4v) is 2.64. The maximum atomic E-state index is 12.2. The molecule has 0 bridgehead atoms. The molecule has 2 rings (SSSR count). The molecule has 2 aromatic rings. The molecule has 6 heteroatoms. The Hall–Kier alpha value is -3.46. The zero-order valence-electron chi connectivity index (χ0n) is 16.4. The van der Waals surface area contributed by atoms with Crippen LogP contribution in [0.25, 0.3) is 0 Å². The van der Waals surface area contributed by atoms with E-state index in [1.54, 1.807) is 14.2 Å². The first-order valence-electron chi connectivity index (χ1n) is 8.99. The maximum Gasteiger partial charge on any atom is 0.263 e. The lowest BCUT2D eigenvalue weighted by Gasteiger charge is -2.15. The summed E-state index contributed by atoms with van der Waals surface area (Å²) in [6.45, 7) is 2.40. The molecule has 1 amide bonds. The molecular weight excluding hydrogens is 354 g/mol. The summed E-state index contributed by atoms with van der Waals surface area (Å²) in [6.07, 6.45) is 2.15. The van der Waals surface area contributed by atoms with Crippen LogP contribution in [0.15, 0.2) is 60.3 Å². The molecule has 0 radical (unpaired) electrons. The van der Waals surface area contributed by atoms with Gasteiger partial charge in [-0.3, -0.25) is 4.79 Å². The highest BCUT2D eigenvalue weighted by Gasteiger charge is 2.12. The fraction of sp³-hybridized carbons (Fsp3) is 0.273. The van der Waals surface area contributed by atoms with Gasteiger partial charge in [0.25, 0.3) is 5.91 Å². The lowest BCUT2D eigenvalue weighted by Crippen LogP contribution is -2.28. The van der Waals surface area contributed by atoms with Crippen molar-refractivity contribution in [3.05, 3.63) is 71.4 Å². The molecule has 0 aliphatic heterocycles. The molecule has 0 saturated carbocycles. The van der Waals surface area contributed by atoms with Crippen LogP contribution in [0.3, 0.4) is 0 Å². The Morgan fingerprint density at radius 3 is 2.50 bits per heavy atom. The van der Waals surface area contributed by atoms with Crippen LogP contribution in [0, 0.1) is 11.3 Å². The second kappa shape index (κ2) is 10.6. The van der Waals surface area contributed by atoms with Crippen molar-refractivity contribution in [3.63, 3.8) is 0 Å². The second-order valence-electron chi connectivity index (χ2n) is 6.16. The monoisotopic (exact) mass is 379 g/mol. The van der Waals surface area contributed by atoms with E-state index >= 15 is 0 Å². The summed E-state index contributed by atoms with van der Waals surface area (Å²) in [5, 5.41) is 15.1. The molecule has 6 nitrogen and oxygen atoms in total. The average molecular weight is 379 g/mol. The molecule has 0 saturated heterocycles. The average Bonchev–Trinajstić information content (AvgIpc) is 2.74. The molecule has 0 aliphatic carbocycles. The predicted molar refractivity (Wildman–Crippen MR) is 108 cm³/mol. The van der Waals surface area contributed by atoms with Crippen LogP contribution in [0.5, 0.6) is 11.5 Å². The first-order chi connectivity index (χ1) is 13.6. The molecule has 0 fully saturated rings. The number of hydrogen-bond donors (Lipinski definition) is 2. The Balaban J connectivity index is 1.94. The highest BCUT2D eigenvalue weighted by atomic mass is 16.5. The first-order valence-corrected chi connectivity index (χ1v) is 8.99. The van der Waals surface area contributed by atoms with E-state index in [1.807, 2.05) is 61.5 Å². The van der Waals surface area contributed by atoms with E-state index in [0.29, 0.717) is 24.5 Å². The van der Waals surface area contributed by atoms with Crippen molar-refractivity contribution in [1.29, 1.82) is 5.26 Å². The van der Waals surface area contributed by atoms with Crippen molar-refractivity contribution in [1.82, 2.24) is 10.6 Å². The third kappa shape index (κ3) is 5.78. The SMILES string of the molecule is COc1ccc(C(C)N/C=C(/C#N)C(=O)NCCc2ccccc2)cc1OC. The van der Waals surface area contributed by atoms with Gasteiger partial charge < -0.3 is 20.1 Å². The summed E-state index contributed by atoms with van der Waals surface area (Å²) in [5.74, 6) is 0.867. The quantitative estimate of drug-likeness (QED) is 0.517. The van der Waals surface area contributed by atoms with E-state index in [0.717, 1.165) is 11.1 Å². The van der Waals surface area contributed by atoms with Gasteiger partial charge in [-0.15, -0.1) is 0 Å². The van der Waals surface area contributed by atoms with Crippen LogP contribution in [-0.2, 0) is 11.2 Å². The van der Waals surface area contributed by atoms with Gasteiger partial charge in [0.2, 0.25) is 0 Å². The Bertz CT molecular complexity index is 857. The molecule has 28 heavy (non-hydrogen) atoms. The number of carbonyl (C=O) groups excluding carboxylic acids is 1. The van der Waals surface area contributed by atoms with E-state index in [2.05, 4.69) is 10.6 Å².